The predicted molar refractivity (Wildman–Crippen MR) is 77.4 cm³/mol. The third-order valence-corrected chi connectivity index (χ3v) is 3.98. The minimum atomic E-state index is -0.0624. The van der Waals surface area contributed by atoms with E-state index in [-0.39, 0.29) is 11.8 Å². The molecule has 0 amide bonds. The molecule has 1 aliphatic carbocycles. The van der Waals surface area contributed by atoms with Gasteiger partial charge in [-0.3, -0.25) is 0 Å². The monoisotopic (exact) mass is 261 g/mol. The van der Waals surface area contributed by atoms with Gasteiger partial charge in [-0.15, -0.1) is 0 Å². The molecule has 1 unspecified atom stereocenters. The third-order valence-electron chi connectivity index (χ3n) is 3.98. The van der Waals surface area contributed by atoms with Crippen LogP contribution in [0, 0.1) is 5.92 Å². The molecule has 1 saturated carbocycles. The van der Waals surface area contributed by atoms with Crippen molar-refractivity contribution in [2.75, 3.05) is 13.1 Å². The fraction of sp³-hybridized carbons (Fsp3) is 0.533. The van der Waals surface area contributed by atoms with Crippen LogP contribution in [-0.2, 0) is 0 Å². The zero-order valence-electron chi connectivity index (χ0n) is 11.3. The Morgan fingerprint density at radius 1 is 1.37 bits per heavy atom. The largest absolute Gasteiger partial charge is 0.409 e. The van der Waals surface area contributed by atoms with Gasteiger partial charge in [-0.1, -0.05) is 54.8 Å². The van der Waals surface area contributed by atoms with Gasteiger partial charge in [0.15, 0.2) is 0 Å². The van der Waals surface area contributed by atoms with E-state index in [4.69, 9.17) is 10.9 Å². The Hall–Kier alpha value is -1.55. The normalized spacial score (nSPS) is 18.0. The average molecular weight is 261 g/mol. The van der Waals surface area contributed by atoms with E-state index < -0.39 is 0 Å². The summed E-state index contributed by atoms with van der Waals surface area (Å²) in [5.41, 5.74) is 6.87. The molecule has 0 aromatic heterocycles. The molecular weight excluding hydrogens is 238 g/mol. The topological polar surface area (TPSA) is 70.6 Å². The van der Waals surface area contributed by atoms with Gasteiger partial charge in [0.05, 0.1) is 5.92 Å². The molecule has 0 radical (unpaired) electrons. The summed E-state index contributed by atoms with van der Waals surface area (Å²) in [4.78, 5) is 0. The number of benzene rings is 1. The Balaban J connectivity index is 1.84. The summed E-state index contributed by atoms with van der Waals surface area (Å²) in [7, 11) is 0. The first-order valence-corrected chi connectivity index (χ1v) is 7.04. The molecule has 1 fully saturated rings. The second-order valence-electron chi connectivity index (χ2n) is 5.28. The number of hydrogen-bond donors (Lipinski definition) is 3. The lowest BCUT2D eigenvalue weighted by Crippen LogP contribution is -2.33. The van der Waals surface area contributed by atoms with E-state index in [1.807, 2.05) is 30.3 Å². The average Bonchev–Trinajstić information content (AvgIpc) is 2.41. The van der Waals surface area contributed by atoms with Crippen LogP contribution in [0.4, 0.5) is 0 Å². The maximum Gasteiger partial charge on any atom is 0.147 e. The number of nitrogens with one attached hydrogen (secondary N) is 1. The minimum absolute atomic E-state index is 0.0624. The lowest BCUT2D eigenvalue weighted by molar-refractivity contribution is 0.292. The number of amidine groups is 1. The van der Waals surface area contributed by atoms with Crippen LogP contribution in [-0.4, -0.2) is 24.1 Å². The molecule has 104 valence electrons. The molecular formula is C15H23N3O. The van der Waals surface area contributed by atoms with Crippen molar-refractivity contribution in [3.63, 3.8) is 0 Å². The van der Waals surface area contributed by atoms with Crippen LogP contribution in [0.1, 0.15) is 37.2 Å². The zero-order valence-corrected chi connectivity index (χ0v) is 11.3. The summed E-state index contributed by atoms with van der Waals surface area (Å²) < 4.78 is 0. The molecule has 1 aliphatic rings. The summed E-state index contributed by atoms with van der Waals surface area (Å²) in [6.45, 7) is 1.72. The van der Waals surface area contributed by atoms with Gasteiger partial charge in [-0.2, -0.15) is 0 Å². The Labute approximate surface area is 114 Å². The summed E-state index contributed by atoms with van der Waals surface area (Å²) in [6.07, 6.45) is 5.38. The Kier molecular flexibility index (Phi) is 5.21. The van der Waals surface area contributed by atoms with Crippen LogP contribution in [0.5, 0.6) is 0 Å². The zero-order chi connectivity index (χ0) is 13.5. The fourth-order valence-corrected chi connectivity index (χ4v) is 2.48. The molecule has 4 heteroatoms. The summed E-state index contributed by atoms with van der Waals surface area (Å²) in [6, 6.07) is 9.94. The Bertz CT molecular complexity index is 401. The number of oxime groups is 1. The first-order chi connectivity index (χ1) is 9.31. The van der Waals surface area contributed by atoms with Crippen LogP contribution in [0.2, 0.25) is 0 Å². The highest BCUT2D eigenvalue weighted by Gasteiger charge is 2.18. The van der Waals surface area contributed by atoms with Crippen molar-refractivity contribution in [3.05, 3.63) is 35.9 Å². The van der Waals surface area contributed by atoms with Gasteiger partial charge in [-0.25, -0.2) is 0 Å². The SMILES string of the molecule is N/C(=N/O)C(CNCCC1CCC1)c1ccccc1. The number of nitrogens with zero attached hydrogens (tertiary/aromatic N) is 1. The molecule has 0 bridgehead atoms. The number of hydrogen-bond acceptors (Lipinski definition) is 3. The molecule has 1 aromatic carbocycles. The van der Waals surface area contributed by atoms with E-state index in [9.17, 15) is 0 Å². The Morgan fingerprint density at radius 3 is 2.68 bits per heavy atom. The van der Waals surface area contributed by atoms with Crippen molar-refractivity contribution in [3.8, 4) is 0 Å². The summed E-state index contributed by atoms with van der Waals surface area (Å²) in [5.74, 6) is 1.11. The van der Waals surface area contributed by atoms with Gasteiger partial charge in [0.1, 0.15) is 5.84 Å². The highest BCUT2D eigenvalue weighted by Crippen LogP contribution is 2.28. The van der Waals surface area contributed by atoms with Gasteiger partial charge in [-0.05, 0) is 24.4 Å². The molecule has 19 heavy (non-hydrogen) atoms. The molecule has 4 N–H and O–H groups in total. The molecule has 1 atom stereocenters. The molecule has 0 spiro atoms. The quantitative estimate of drug-likeness (QED) is 0.232. The lowest BCUT2D eigenvalue weighted by atomic mass is 9.83. The smallest absolute Gasteiger partial charge is 0.147 e. The second kappa shape index (κ2) is 7.14. The molecule has 0 saturated heterocycles. The van der Waals surface area contributed by atoms with Crippen LogP contribution in [0.3, 0.4) is 0 Å². The van der Waals surface area contributed by atoms with Gasteiger partial charge >= 0.3 is 0 Å². The van der Waals surface area contributed by atoms with Crippen molar-refractivity contribution >= 4 is 5.84 Å². The summed E-state index contributed by atoms with van der Waals surface area (Å²) in [5, 5.41) is 15.5. The Morgan fingerprint density at radius 2 is 2.11 bits per heavy atom. The van der Waals surface area contributed by atoms with Gasteiger partial charge < -0.3 is 16.3 Å². The highest BCUT2D eigenvalue weighted by atomic mass is 16.4. The second-order valence-corrected chi connectivity index (χ2v) is 5.28. The van der Waals surface area contributed by atoms with Gasteiger partial charge in [0, 0.05) is 6.54 Å². The summed E-state index contributed by atoms with van der Waals surface area (Å²) >= 11 is 0. The van der Waals surface area contributed by atoms with E-state index in [2.05, 4.69) is 10.5 Å². The van der Waals surface area contributed by atoms with Crippen LogP contribution in [0.25, 0.3) is 0 Å². The standard InChI is InChI=1S/C15H23N3O/c16-15(18-19)14(13-7-2-1-3-8-13)11-17-10-9-12-5-4-6-12/h1-3,7-8,12,14,17,19H,4-6,9-11H2,(H2,16,18). The predicted octanol–water partition coefficient (Wildman–Crippen LogP) is 2.30. The van der Waals surface area contributed by atoms with Crippen molar-refractivity contribution < 1.29 is 5.21 Å². The third kappa shape index (κ3) is 3.96. The first kappa shape index (κ1) is 13.9. The van der Waals surface area contributed by atoms with E-state index in [0.717, 1.165) is 18.0 Å². The molecule has 0 aliphatic heterocycles. The molecule has 0 heterocycles. The van der Waals surface area contributed by atoms with Gasteiger partial charge in [0.2, 0.25) is 0 Å². The highest BCUT2D eigenvalue weighted by molar-refractivity contribution is 5.87. The number of rotatable bonds is 7. The minimum Gasteiger partial charge on any atom is -0.409 e. The van der Waals surface area contributed by atoms with E-state index in [1.54, 1.807) is 0 Å². The first-order valence-electron chi connectivity index (χ1n) is 7.04. The van der Waals surface area contributed by atoms with Crippen molar-refractivity contribution in [1.82, 2.24) is 5.32 Å². The maximum absolute atomic E-state index is 8.89. The van der Waals surface area contributed by atoms with Crippen LogP contribution < -0.4 is 11.1 Å². The lowest BCUT2D eigenvalue weighted by Gasteiger charge is -2.25. The van der Waals surface area contributed by atoms with E-state index in [1.165, 1.54) is 25.7 Å². The van der Waals surface area contributed by atoms with Crippen molar-refractivity contribution in [2.45, 2.75) is 31.6 Å². The van der Waals surface area contributed by atoms with E-state index in [0.29, 0.717) is 6.54 Å². The van der Waals surface area contributed by atoms with Crippen molar-refractivity contribution in [2.24, 2.45) is 16.8 Å². The van der Waals surface area contributed by atoms with Crippen LogP contribution in [0.15, 0.2) is 35.5 Å². The molecule has 2 rings (SSSR count). The molecule has 1 aromatic rings. The van der Waals surface area contributed by atoms with Gasteiger partial charge in [0.25, 0.3) is 0 Å². The maximum atomic E-state index is 8.89. The van der Waals surface area contributed by atoms with E-state index >= 15 is 0 Å². The number of nitrogens with two attached hydrogens (primary N) is 1. The molecule has 4 nitrogen and oxygen atoms in total. The van der Waals surface area contributed by atoms with Crippen LogP contribution >= 0.6 is 0 Å². The van der Waals surface area contributed by atoms with Crippen molar-refractivity contribution in [1.29, 1.82) is 0 Å². The fourth-order valence-electron chi connectivity index (χ4n) is 2.48.